The Kier molecular flexibility index (Phi) is 5.71. The normalized spacial score (nSPS) is 13.9. The van der Waals surface area contributed by atoms with E-state index in [1.807, 2.05) is 55.5 Å². The van der Waals surface area contributed by atoms with Gasteiger partial charge in [-0.3, -0.25) is 0 Å². The van der Waals surface area contributed by atoms with E-state index in [0.29, 0.717) is 6.42 Å². The molecule has 0 heterocycles. The van der Waals surface area contributed by atoms with Crippen LogP contribution in [0.3, 0.4) is 0 Å². The molecular formula is C18H22O2S. The highest BCUT2D eigenvalue weighted by atomic mass is 32.2. The topological polar surface area (TPSA) is 37.3 Å². The molecule has 2 atom stereocenters. The molecule has 21 heavy (non-hydrogen) atoms. The molecule has 1 N–H and O–H groups in total. The summed E-state index contributed by atoms with van der Waals surface area (Å²) in [5.74, 6) is 0. The van der Waals surface area contributed by atoms with Gasteiger partial charge in [-0.15, -0.1) is 0 Å². The molecule has 2 aromatic carbocycles. The lowest BCUT2D eigenvalue weighted by Gasteiger charge is -2.13. The first-order chi connectivity index (χ1) is 10.1. The minimum atomic E-state index is -1.20. The molecule has 0 saturated carbocycles. The average molecular weight is 302 g/mol. The van der Waals surface area contributed by atoms with Crippen molar-refractivity contribution in [2.45, 2.75) is 49.0 Å². The molecule has 0 spiro atoms. The Morgan fingerprint density at radius 1 is 1.10 bits per heavy atom. The van der Waals surface area contributed by atoms with Crippen molar-refractivity contribution in [1.29, 1.82) is 0 Å². The Labute approximate surface area is 129 Å². The van der Waals surface area contributed by atoms with Crippen LogP contribution in [0.2, 0.25) is 0 Å². The number of aryl methyl sites for hydroxylation is 1. The summed E-state index contributed by atoms with van der Waals surface area (Å²) in [5.41, 5.74) is 2.12. The summed E-state index contributed by atoms with van der Waals surface area (Å²) in [6.45, 7) is 4.07. The Morgan fingerprint density at radius 3 is 2.43 bits per heavy atom. The van der Waals surface area contributed by atoms with Crippen LogP contribution in [0.1, 0.15) is 30.9 Å². The SMILES string of the molecule is CCC[C@@H](O)Cc1ccccc1S(=O)c1ccc(C)cc1. The maximum absolute atomic E-state index is 12.7. The zero-order valence-corrected chi connectivity index (χ0v) is 13.4. The highest BCUT2D eigenvalue weighted by molar-refractivity contribution is 7.85. The first-order valence-electron chi connectivity index (χ1n) is 7.36. The van der Waals surface area contributed by atoms with E-state index in [-0.39, 0.29) is 6.10 Å². The molecule has 0 aliphatic carbocycles. The lowest BCUT2D eigenvalue weighted by atomic mass is 10.0. The van der Waals surface area contributed by atoms with Gasteiger partial charge in [-0.1, -0.05) is 49.2 Å². The molecule has 3 heteroatoms. The predicted molar refractivity (Wildman–Crippen MR) is 86.9 cm³/mol. The van der Waals surface area contributed by atoms with E-state index in [1.54, 1.807) is 0 Å². The summed E-state index contributed by atoms with van der Waals surface area (Å²) < 4.78 is 12.7. The Balaban J connectivity index is 2.26. The molecule has 0 fully saturated rings. The van der Waals surface area contributed by atoms with E-state index in [2.05, 4.69) is 6.92 Å². The third-order valence-corrected chi connectivity index (χ3v) is 4.98. The molecule has 2 aromatic rings. The van der Waals surface area contributed by atoms with Crippen LogP contribution in [0.5, 0.6) is 0 Å². The molecule has 0 radical (unpaired) electrons. The van der Waals surface area contributed by atoms with Gasteiger partial charge in [0.25, 0.3) is 0 Å². The van der Waals surface area contributed by atoms with E-state index < -0.39 is 10.8 Å². The molecule has 0 saturated heterocycles. The average Bonchev–Trinajstić information content (AvgIpc) is 2.48. The van der Waals surface area contributed by atoms with Gasteiger partial charge in [0, 0.05) is 9.79 Å². The quantitative estimate of drug-likeness (QED) is 0.879. The van der Waals surface area contributed by atoms with Gasteiger partial charge >= 0.3 is 0 Å². The Hall–Kier alpha value is -1.45. The van der Waals surface area contributed by atoms with Crippen LogP contribution < -0.4 is 0 Å². The molecule has 0 amide bonds. The molecule has 2 nitrogen and oxygen atoms in total. The number of hydrogen-bond donors (Lipinski definition) is 1. The van der Waals surface area contributed by atoms with E-state index in [0.717, 1.165) is 33.8 Å². The fourth-order valence-corrected chi connectivity index (χ4v) is 3.56. The van der Waals surface area contributed by atoms with Crippen molar-refractivity contribution in [3.8, 4) is 0 Å². The van der Waals surface area contributed by atoms with Crippen LogP contribution in [-0.2, 0) is 17.2 Å². The van der Waals surface area contributed by atoms with Gasteiger partial charge in [0.15, 0.2) is 0 Å². The molecule has 1 unspecified atom stereocenters. The third kappa shape index (κ3) is 4.26. The smallest absolute Gasteiger partial charge is 0.0852 e. The van der Waals surface area contributed by atoms with Gasteiger partial charge in [0.2, 0.25) is 0 Å². The highest BCUT2D eigenvalue weighted by Gasteiger charge is 2.14. The van der Waals surface area contributed by atoms with E-state index >= 15 is 0 Å². The van der Waals surface area contributed by atoms with Gasteiger partial charge < -0.3 is 5.11 Å². The number of aliphatic hydroxyl groups excluding tert-OH is 1. The lowest BCUT2D eigenvalue weighted by Crippen LogP contribution is -2.11. The van der Waals surface area contributed by atoms with Gasteiger partial charge in [0.1, 0.15) is 0 Å². The second-order valence-corrected chi connectivity index (χ2v) is 6.78. The minimum Gasteiger partial charge on any atom is -0.393 e. The standard InChI is InChI=1S/C18H22O2S/c1-3-6-16(19)13-15-7-4-5-8-18(15)21(20)17-11-9-14(2)10-12-17/h4-5,7-12,16,19H,3,6,13H2,1-2H3/t16-,21?/m1/s1. The first kappa shape index (κ1) is 15.9. The van der Waals surface area contributed by atoms with Crippen molar-refractivity contribution in [3.63, 3.8) is 0 Å². The highest BCUT2D eigenvalue weighted by Crippen LogP contribution is 2.22. The van der Waals surface area contributed by atoms with Crippen LogP contribution in [0.15, 0.2) is 58.3 Å². The minimum absolute atomic E-state index is 0.369. The molecule has 0 aliphatic rings. The van der Waals surface area contributed by atoms with Crippen LogP contribution in [0.25, 0.3) is 0 Å². The van der Waals surface area contributed by atoms with Crippen molar-refractivity contribution in [3.05, 3.63) is 59.7 Å². The summed E-state index contributed by atoms with van der Waals surface area (Å²) in [4.78, 5) is 1.61. The predicted octanol–water partition coefficient (Wildman–Crippen LogP) is 3.87. The Morgan fingerprint density at radius 2 is 1.76 bits per heavy atom. The molecule has 2 rings (SSSR count). The van der Waals surface area contributed by atoms with E-state index in [1.165, 1.54) is 0 Å². The van der Waals surface area contributed by atoms with Crippen molar-refractivity contribution >= 4 is 10.8 Å². The van der Waals surface area contributed by atoms with Crippen LogP contribution in [0.4, 0.5) is 0 Å². The third-order valence-electron chi connectivity index (χ3n) is 3.48. The molecule has 0 bridgehead atoms. The maximum Gasteiger partial charge on any atom is 0.0852 e. The maximum atomic E-state index is 12.7. The van der Waals surface area contributed by atoms with Gasteiger partial charge in [0.05, 0.1) is 16.9 Å². The summed E-state index contributed by atoms with van der Waals surface area (Å²) in [5, 5.41) is 10.0. The fourth-order valence-electron chi connectivity index (χ4n) is 2.33. The van der Waals surface area contributed by atoms with Gasteiger partial charge in [-0.25, -0.2) is 4.21 Å². The number of benzene rings is 2. The summed E-state index contributed by atoms with van der Waals surface area (Å²) in [6, 6.07) is 15.4. The zero-order chi connectivity index (χ0) is 15.2. The molecule has 0 aromatic heterocycles. The van der Waals surface area contributed by atoms with Crippen molar-refractivity contribution < 1.29 is 9.32 Å². The largest absolute Gasteiger partial charge is 0.393 e. The second kappa shape index (κ2) is 7.53. The van der Waals surface area contributed by atoms with Crippen LogP contribution in [-0.4, -0.2) is 15.4 Å². The Bertz CT molecular complexity index is 605. The zero-order valence-electron chi connectivity index (χ0n) is 12.6. The summed E-state index contributed by atoms with van der Waals surface area (Å²) >= 11 is 0. The monoisotopic (exact) mass is 302 g/mol. The van der Waals surface area contributed by atoms with Crippen molar-refractivity contribution in [2.24, 2.45) is 0 Å². The number of rotatable bonds is 6. The molecular weight excluding hydrogens is 280 g/mol. The summed E-state index contributed by atoms with van der Waals surface area (Å²) in [7, 11) is -1.20. The van der Waals surface area contributed by atoms with Gasteiger partial charge in [-0.2, -0.15) is 0 Å². The van der Waals surface area contributed by atoms with E-state index in [4.69, 9.17) is 0 Å². The summed E-state index contributed by atoms with van der Waals surface area (Å²) in [6.07, 6.45) is 1.91. The van der Waals surface area contributed by atoms with E-state index in [9.17, 15) is 9.32 Å². The first-order valence-corrected chi connectivity index (χ1v) is 8.51. The molecule has 0 aliphatic heterocycles. The van der Waals surface area contributed by atoms with Crippen molar-refractivity contribution in [1.82, 2.24) is 0 Å². The fraction of sp³-hybridized carbons (Fsp3) is 0.333. The second-order valence-electron chi connectivity index (χ2n) is 5.34. The number of hydrogen-bond acceptors (Lipinski definition) is 2. The number of aliphatic hydroxyl groups is 1. The van der Waals surface area contributed by atoms with Gasteiger partial charge in [-0.05, 0) is 43.5 Å². The van der Waals surface area contributed by atoms with Crippen molar-refractivity contribution in [2.75, 3.05) is 0 Å². The van der Waals surface area contributed by atoms with Crippen LogP contribution >= 0.6 is 0 Å². The lowest BCUT2D eigenvalue weighted by molar-refractivity contribution is 0.163. The van der Waals surface area contributed by atoms with Crippen LogP contribution in [0, 0.1) is 6.92 Å². The molecule has 112 valence electrons.